The maximum atomic E-state index is 5.78. The van der Waals surface area contributed by atoms with E-state index in [9.17, 15) is 0 Å². The number of nitrogens with zero attached hydrogens (tertiary/aromatic N) is 4. The number of rotatable bonds is 5. The Kier molecular flexibility index (Phi) is 5.60. The molecule has 0 unspecified atom stereocenters. The lowest BCUT2D eigenvalue weighted by Crippen LogP contribution is -2.33. The van der Waals surface area contributed by atoms with Crippen molar-refractivity contribution in [2.24, 2.45) is 5.92 Å². The van der Waals surface area contributed by atoms with Crippen molar-refractivity contribution in [2.75, 3.05) is 6.54 Å². The molecule has 1 aliphatic heterocycles. The summed E-state index contributed by atoms with van der Waals surface area (Å²) >= 11 is 5.78. The molecule has 5 nitrogen and oxygen atoms in total. The summed E-state index contributed by atoms with van der Waals surface area (Å²) in [5.74, 6) is 1.48. The second-order valence-electron chi connectivity index (χ2n) is 8.48. The van der Waals surface area contributed by atoms with E-state index < -0.39 is 0 Å². The molecule has 4 heterocycles. The van der Waals surface area contributed by atoms with Gasteiger partial charge in [-0.2, -0.15) is 0 Å². The van der Waals surface area contributed by atoms with Gasteiger partial charge in [0.25, 0.3) is 0 Å². The van der Waals surface area contributed by atoms with Crippen LogP contribution in [-0.2, 0) is 0 Å². The Morgan fingerprint density at radius 2 is 1.83 bits per heavy atom. The van der Waals surface area contributed by atoms with Gasteiger partial charge in [-0.3, -0.25) is 4.98 Å². The van der Waals surface area contributed by atoms with Gasteiger partial charge in [0.1, 0.15) is 5.82 Å². The van der Waals surface area contributed by atoms with Crippen LogP contribution in [0.15, 0.2) is 48.8 Å². The zero-order valence-electron chi connectivity index (χ0n) is 18.3. The molecule has 0 aliphatic carbocycles. The van der Waals surface area contributed by atoms with E-state index in [1.807, 2.05) is 30.6 Å². The van der Waals surface area contributed by atoms with Gasteiger partial charge in [0.2, 0.25) is 0 Å². The highest BCUT2D eigenvalue weighted by Crippen LogP contribution is 2.41. The van der Waals surface area contributed by atoms with E-state index in [1.165, 1.54) is 17.0 Å². The summed E-state index contributed by atoms with van der Waals surface area (Å²) in [6.45, 7) is 11.8. The summed E-state index contributed by atoms with van der Waals surface area (Å²) in [4.78, 5) is 11.6. The molecule has 156 valence electrons. The van der Waals surface area contributed by atoms with Crippen LogP contribution in [0.25, 0.3) is 5.82 Å². The molecule has 6 heteroatoms. The van der Waals surface area contributed by atoms with Crippen LogP contribution in [-0.4, -0.2) is 31.1 Å². The standard InChI is InChI=1S/C24H29N5S/c1-15(2)14-28-22(21(27-24(28)30)20-10-6-7-11-25-20)19-13-17(4)29(18(19)5)23-16(3)9-8-12-26-23/h6-13,15,21-22H,14H2,1-5H3,(H,27,30)/t21-,22-/m0/s1. The molecule has 0 aromatic carbocycles. The van der Waals surface area contributed by atoms with Gasteiger partial charge in [-0.25, -0.2) is 4.98 Å². The molecule has 0 radical (unpaired) electrons. The number of aromatic nitrogens is 3. The van der Waals surface area contributed by atoms with Gasteiger partial charge < -0.3 is 14.8 Å². The van der Waals surface area contributed by atoms with Gasteiger partial charge in [0.05, 0.1) is 17.8 Å². The number of nitrogens with one attached hydrogen (secondary N) is 1. The third kappa shape index (κ3) is 3.60. The molecule has 1 saturated heterocycles. The van der Waals surface area contributed by atoms with Crippen molar-refractivity contribution in [3.05, 3.63) is 77.0 Å². The van der Waals surface area contributed by atoms with E-state index >= 15 is 0 Å². The Labute approximate surface area is 184 Å². The zero-order chi connectivity index (χ0) is 21.4. The van der Waals surface area contributed by atoms with E-state index in [2.05, 4.69) is 77.6 Å². The van der Waals surface area contributed by atoms with E-state index in [4.69, 9.17) is 12.2 Å². The second kappa shape index (κ2) is 8.19. The third-order valence-corrected chi connectivity index (χ3v) is 6.09. The van der Waals surface area contributed by atoms with E-state index in [-0.39, 0.29) is 12.1 Å². The zero-order valence-corrected chi connectivity index (χ0v) is 19.1. The minimum atomic E-state index is 0.0104. The molecule has 2 atom stereocenters. The molecule has 3 aromatic rings. The van der Waals surface area contributed by atoms with Crippen LogP contribution in [0.4, 0.5) is 0 Å². The van der Waals surface area contributed by atoms with E-state index in [1.54, 1.807) is 0 Å². The molecule has 30 heavy (non-hydrogen) atoms. The van der Waals surface area contributed by atoms with Crippen LogP contribution in [0.1, 0.15) is 54.1 Å². The van der Waals surface area contributed by atoms with Gasteiger partial charge in [-0.1, -0.05) is 26.0 Å². The fourth-order valence-corrected chi connectivity index (χ4v) is 4.77. The van der Waals surface area contributed by atoms with Crippen LogP contribution in [0.2, 0.25) is 0 Å². The van der Waals surface area contributed by atoms with Crippen molar-refractivity contribution in [3.63, 3.8) is 0 Å². The van der Waals surface area contributed by atoms with Gasteiger partial charge in [-0.15, -0.1) is 0 Å². The summed E-state index contributed by atoms with van der Waals surface area (Å²) < 4.78 is 2.26. The Morgan fingerprint density at radius 1 is 1.07 bits per heavy atom. The average Bonchev–Trinajstić information content (AvgIpc) is 3.18. The van der Waals surface area contributed by atoms with Crippen molar-refractivity contribution < 1.29 is 0 Å². The molecule has 0 spiro atoms. The lowest BCUT2D eigenvalue weighted by Gasteiger charge is -2.29. The lowest BCUT2D eigenvalue weighted by atomic mass is 9.96. The van der Waals surface area contributed by atoms with Gasteiger partial charge >= 0.3 is 0 Å². The number of thiocarbonyl (C=S) groups is 1. The van der Waals surface area contributed by atoms with Crippen LogP contribution < -0.4 is 5.32 Å². The summed E-state index contributed by atoms with van der Waals surface area (Å²) in [6, 6.07) is 12.5. The first-order valence-corrected chi connectivity index (χ1v) is 10.9. The molecule has 1 N–H and O–H groups in total. The fourth-order valence-electron chi connectivity index (χ4n) is 4.46. The van der Waals surface area contributed by atoms with E-state index in [0.717, 1.165) is 28.7 Å². The Bertz CT molecular complexity index is 1060. The predicted octanol–water partition coefficient (Wildman–Crippen LogP) is 4.82. The number of aryl methyl sites for hydroxylation is 2. The summed E-state index contributed by atoms with van der Waals surface area (Å²) in [5, 5.41) is 4.35. The minimum absolute atomic E-state index is 0.0104. The maximum Gasteiger partial charge on any atom is 0.170 e. The van der Waals surface area contributed by atoms with Crippen molar-refractivity contribution >= 4 is 17.3 Å². The monoisotopic (exact) mass is 419 g/mol. The largest absolute Gasteiger partial charge is 0.352 e. The molecule has 0 saturated carbocycles. The third-order valence-electron chi connectivity index (χ3n) is 5.74. The number of pyridine rings is 2. The molecule has 1 fully saturated rings. The van der Waals surface area contributed by atoms with Crippen molar-refractivity contribution in [3.8, 4) is 5.82 Å². The Morgan fingerprint density at radius 3 is 2.50 bits per heavy atom. The molecular formula is C24H29N5S. The molecule has 4 rings (SSSR count). The molecule has 0 bridgehead atoms. The Hall–Kier alpha value is -2.73. The molecule has 1 aliphatic rings. The normalized spacial score (nSPS) is 18.9. The van der Waals surface area contributed by atoms with Crippen LogP contribution in [0, 0.1) is 26.7 Å². The van der Waals surface area contributed by atoms with Gasteiger partial charge in [0, 0.05) is 30.3 Å². The summed E-state index contributed by atoms with van der Waals surface area (Å²) in [7, 11) is 0. The number of hydrogen-bond acceptors (Lipinski definition) is 3. The first-order chi connectivity index (χ1) is 14.4. The molecule has 0 amide bonds. The van der Waals surface area contributed by atoms with Crippen LogP contribution in [0.5, 0.6) is 0 Å². The van der Waals surface area contributed by atoms with Gasteiger partial charge in [-0.05, 0) is 74.3 Å². The topological polar surface area (TPSA) is 46.0 Å². The quantitative estimate of drug-likeness (QED) is 0.601. The van der Waals surface area contributed by atoms with Crippen LogP contribution >= 0.6 is 12.2 Å². The van der Waals surface area contributed by atoms with Crippen molar-refractivity contribution in [2.45, 2.75) is 46.7 Å². The molecular weight excluding hydrogens is 390 g/mol. The highest BCUT2D eigenvalue weighted by molar-refractivity contribution is 7.80. The SMILES string of the molecule is Cc1cccnc1-n1c(C)cc([C@H]2[C@H](c3ccccn3)NC(=S)N2CC(C)C)c1C. The smallest absolute Gasteiger partial charge is 0.170 e. The second-order valence-corrected chi connectivity index (χ2v) is 8.87. The predicted molar refractivity (Wildman–Crippen MR) is 125 cm³/mol. The Balaban J connectivity index is 1.85. The first kappa shape index (κ1) is 20.5. The minimum Gasteiger partial charge on any atom is -0.352 e. The summed E-state index contributed by atoms with van der Waals surface area (Å²) in [6.07, 6.45) is 3.71. The first-order valence-electron chi connectivity index (χ1n) is 10.5. The maximum absolute atomic E-state index is 5.78. The van der Waals surface area contributed by atoms with Gasteiger partial charge in [0.15, 0.2) is 5.11 Å². The average molecular weight is 420 g/mol. The highest BCUT2D eigenvalue weighted by atomic mass is 32.1. The van der Waals surface area contributed by atoms with Crippen molar-refractivity contribution in [1.29, 1.82) is 0 Å². The fraction of sp³-hybridized carbons (Fsp3) is 0.375. The van der Waals surface area contributed by atoms with E-state index in [0.29, 0.717) is 5.92 Å². The summed E-state index contributed by atoms with van der Waals surface area (Å²) in [5.41, 5.74) is 5.80. The van der Waals surface area contributed by atoms with Crippen LogP contribution in [0.3, 0.4) is 0 Å². The number of hydrogen-bond donors (Lipinski definition) is 1. The lowest BCUT2D eigenvalue weighted by molar-refractivity contribution is 0.287. The van der Waals surface area contributed by atoms with Crippen molar-refractivity contribution in [1.82, 2.24) is 24.8 Å². The molecule has 3 aromatic heterocycles. The highest BCUT2D eigenvalue weighted by Gasteiger charge is 2.41.